The number of carbonyl (C=O) groups excluding carboxylic acids is 3. The lowest BCUT2D eigenvalue weighted by Gasteiger charge is -2.21. The molecule has 0 saturated carbocycles. The lowest BCUT2D eigenvalue weighted by molar-refractivity contribution is -0.115. The van der Waals surface area contributed by atoms with E-state index in [0.717, 1.165) is 16.7 Å². The summed E-state index contributed by atoms with van der Waals surface area (Å²) in [4.78, 5) is 45.6. The number of nitrogens with zero attached hydrogens (tertiary/aromatic N) is 3. The highest BCUT2D eigenvalue weighted by atomic mass is 16.5. The van der Waals surface area contributed by atoms with Crippen LogP contribution in [0.15, 0.2) is 77.8 Å². The zero-order valence-electron chi connectivity index (χ0n) is 21.4. The van der Waals surface area contributed by atoms with Crippen molar-refractivity contribution < 1.29 is 19.1 Å². The third-order valence-corrected chi connectivity index (χ3v) is 6.05. The average molecular weight is 499 g/mol. The van der Waals surface area contributed by atoms with Gasteiger partial charge >= 0.3 is 12.0 Å². The van der Waals surface area contributed by atoms with Gasteiger partial charge in [0.1, 0.15) is 5.92 Å². The van der Waals surface area contributed by atoms with Gasteiger partial charge < -0.3 is 19.9 Å². The summed E-state index contributed by atoms with van der Waals surface area (Å²) in [5.41, 5.74) is 4.79. The van der Waals surface area contributed by atoms with Gasteiger partial charge in [-0.25, -0.2) is 9.59 Å². The lowest BCUT2D eigenvalue weighted by atomic mass is 9.90. The molecule has 0 fully saturated rings. The Hall–Kier alpha value is -4.46. The van der Waals surface area contributed by atoms with Crippen molar-refractivity contribution in [1.82, 2.24) is 9.80 Å². The average Bonchev–Trinajstić information content (AvgIpc) is 3.22. The van der Waals surface area contributed by atoms with Crippen LogP contribution in [0.2, 0.25) is 0 Å². The molecule has 1 heterocycles. The van der Waals surface area contributed by atoms with Crippen LogP contribution in [0.25, 0.3) is 0 Å². The number of aliphatic imine (C=N–C) groups is 1. The fraction of sp³-hybridized carbons (Fsp3) is 0.241. The quantitative estimate of drug-likeness (QED) is 0.373. The van der Waals surface area contributed by atoms with E-state index >= 15 is 0 Å². The zero-order valence-corrected chi connectivity index (χ0v) is 21.4. The van der Waals surface area contributed by atoms with E-state index in [1.165, 1.54) is 4.90 Å². The summed E-state index contributed by atoms with van der Waals surface area (Å²) in [6, 6.07) is 22.2. The Morgan fingerprint density at radius 3 is 2.30 bits per heavy atom. The summed E-state index contributed by atoms with van der Waals surface area (Å²) in [7, 11) is 5.19. The van der Waals surface area contributed by atoms with Gasteiger partial charge in [-0.2, -0.15) is 0 Å². The number of hydrogen-bond donors (Lipinski definition) is 1. The van der Waals surface area contributed by atoms with E-state index in [0.29, 0.717) is 29.2 Å². The van der Waals surface area contributed by atoms with E-state index in [4.69, 9.17) is 9.73 Å². The van der Waals surface area contributed by atoms with E-state index in [2.05, 4.69) is 5.32 Å². The molecule has 37 heavy (non-hydrogen) atoms. The number of nitrogens with one attached hydrogen (secondary N) is 1. The number of carbonyl (C=O) groups is 3. The maximum Gasteiger partial charge on any atom is 0.338 e. The van der Waals surface area contributed by atoms with Gasteiger partial charge in [-0.3, -0.25) is 9.79 Å². The first kappa shape index (κ1) is 25.6. The highest BCUT2D eigenvalue weighted by Gasteiger charge is 2.36. The van der Waals surface area contributed by atoms with Crippen molar-refractivity contribution in [3.05, 3.63) is 95.1 Å². The number of ether oxygens (including phenoxy) is 1. The second-order valence-electron chi connectivity index (χ2n) is 9.01. The predicted molar refractivity (Wildman–Crippen MR) is 143 cm³/mol. The number of benzene rings is 3. The number of anilines is 1. The summed E-state index contributed by atoms with van der Waals surface area (Å²) >= 11 is 0. The number of urea groups is 1. The van der Waals surface area contributed by atoms with E-state index < -0.39 is 11.9 Å². The molecule has 1 atom stereocenters. The van der Waals surface area contributed by atoms with Crippen LogP contribution in [0.5, 0.6) is 0 Å². The van der Waals surface area contributed by atoms with Gasteiger partial charge in [0, 0.05) is 33.4 Å². The summed E-state index contributed by atoms with van der Waals surface area (Å²) in [6.45, 7) is 2.49. The molecule has 0 saturated heterocycles. The van der Waals surface area contributed by atoms with Crippen LogP contribution in [-0.4, -0.2) is 61.2 Å². The van der Waals surface area contributed by atoms with Crippen LogP contribution >= 0.6 is 0 Å². The molecule has 1 N–H and O–H groups in total. The molecule has 190 valence electrons. The topological polar surface area (TPSA) is 91.3 Å². The first-order valence-electron chi connectivity index (χ1n) is 12.1. The van der Waals surface area contributed by atoms with E-state index in [9.17, 15) is 14.4 Å². The molecule has 3 aromatic carbocycles. The first-order chi connectivity index (χ1) is 17.8. The van der Waals surface area contributed by atoms with Crippen molar-refractivity contribution in [3.8, 4) is 0 Å². The number of amides is 3. The molecule has 0 spiro atoms. The van der Waals surface area contributed by atoms with E-state index in [1.807, 2.05) is 54.6 Å². The molecule has 0 radical (unpaired) electrons. The molecule has 0 aromatic heterocycles. The minimum absolute atomic E-state index is 0.0783. The Morgan fingerprint density at radius 1 is 0.946 bits per heavy atom. The fourth-order valence-electron chi connectivity index (χ4n) is 4.28. The van der Waals surface area contributed by atoms with Crippen LogP contribution in [-0.2, 0) is 16.1 Å². The minimum atomic E-state index is -0.642. The van der Waals surface area contributed by atoms with Gasteiger partial charge in [-0.1, -0.05) is 48.5 Å². The minimum Gasteiger partial charge on any atom is -0.462 e. The van der Waals surface area contributed by atoms with Crippen molar-refractivity contribution in [2.24, 2.45) is 4.99 Å². The smallest absolute Gasteiger partial charge is 0.338 e. The van der Waals surface area contributed by atoms with Crippen LogP contribution in [0.4, 0.5) is 16.2 Å². The van der Waals surface area contributed by atoms with Gasteiger partial charge in [0.15, 0.2) is 0 Å². The zero-order chi connectivity index (χ0) is 26.5. The number of rotatable bonds is 7. The highest BCUT2D eigenvalue weighted by molar-refractivity contribution is 6.24. The lowest BCUT2D eigenvalue weighted by Crippen LogP contribution is -2.35. The van der Waals surface area contributed by atoms with Crippen molar-refractivity contribution in [3.63, 3.8) is 0 Å². The molecular weight excluding hydrogens is 468 g/mol. The Balaban J connectivity index is 1.67. The second-order valence-corrected chi connectivity index (χ2v) is 9.01. The molecule has 8 nitrogen and oxygen atoms in total. The van der Waals surface area contributed by atoms with Gasteiger partial charge in [-0.05, 0) is 47.9 Å². The summed E-state index contributed by atoms with van der Waals surface area (Å²) in [6.07, 6.45) is 0. The van der Waals surface area contributed by atoms with Crippen LogP contribution in [0, 0.1) is 0 Å². The number of esters is 1. The summed E-state index contributed by atoms with van der Waals surface area (Å²) in [5, 5.41) is 2.90. The van der Waals surface area contributed by atoms with Crippen molar-refractivity contribution in [1.29, 1.82) is 0 Å². The molecule has 0 bridgehead atoms. The van der Waals surface area contributed by atoms with Crippen molar-refractivity contribution in [2.75, 3.05) is 33.1 Å². The standard InChI is InChI=1S/C29H30N4O4/c1-5-37-28(35)21-13-16-23-24(17-21)31-27(34)25(23)26(20-9-7-6-8-10-20)30-22-14-11-19(12-15-22)18-33(4)29(36)32(2)3/h6-17,25H,5,18H2,1-4H3,(H,31,34). The van der Waals surface area contributed by atoms with Crippen LogP contribution in [0.1, 0.15) is 39.9 Å². The van der Waals surface area contributed by atoms with Crippen LogP contribution < -0.4 is 5.32 Å². The number of fused-ring (bicyclic) bond motifs is 1. The third kappa shape index (κ3) is 5.69. The molecule has 0 aliphatic carbocycles. The molecule has 1 aliphatic heterocycles. The molecular formula is C29H30N4O4. The SMILES string of the molecule is CCOC(=O)c1ccc2c(c1)NC(=O)C2C(=Nc1ccc(CN(C)C(=O)N(C)C)cc1)c1ccccc1. The van der Waals surface area contributed by atoms with E-state index in [1.54, 1.807) is 51.2 Å². The summed E-state index contributed by atoms with van der Waals surface area (Å²) in [5.74, 6) is -1.28. The van der Waals surface area contributed by atoms with Crippen molar-refractivity contribution >= 4 is 35.0 Å². The van der Waals surface area contributed by atoms with Crippen LogP contribution in [0.3, 0.4) is 0 Å². The highest BCUT2D eigenvalue weighted by Crippen LogP contribution is 2.37. The Bertz CT molecular complexity index is 1330. The van der Waals surface area contributed by atoms with E-state index in [-0.39, 0.29) is 18.5 Å². The van der Waals surface area contributed by atoms with Crippen molar-refractivity contribution in [2.45, 2.75) is 19.4 Å². The molecule has 1 aliphatic rings. The Labute approximate surface area is 216 Å². The monoisotopic (exact) mass is 498 g/mol. The van der Waals surface area contributed by atoms with Gasteiger partial charge in [0.2, 0.25) is 5.91 Å². The summed E-state index contributed by atoms with van der Waals surface area (Å²) < 4.78 is 5.10. The Kier molecular flexibility index (Phi) is 7.67. The molecule has 1 unspecified atom stereocenters. The Morgan fingerprint density at radius 2 is 1.65 bits per heavy atom. The van der Waals surface area contributed by atoms with Gasteiger partial charge in [-0.15, -0.1) is 0 Å². The molecule has 3 aromatic rings. The number of hydrogen-bond acceptors (Lipinski definition) is 5. The van der Waals surface area contributed by atoms with Gasteiger partial charge in [0.05, 0.1) is 23.6 Å². The molecule has 3 amide bonds. The first-order valence-corrected chi connectivity index (χ1v) is 12.1. The molecule has 8 heteroatoms. The maximum absolute atomic E-state index is 13.2. The normalized spacial score (nSPS) is 14.5. The second kappa shape index (κ2) is 11.1. The maximum atomic E-state index is 13.2. The largest absolute Gasteiger partial charge is 0.462 e. The molecule has 4 rings (SSSR count). The third-order valence-electron chi connectivity index (χ3n) is 6.05. The predicted octanol–water partition coefficient (Wildman–Crippen LogP) is 4.83. The van der Waals surface area contributed by atoms with Gasteiger partial charge in [0.25, 0.3) is 0 Å². The fourth-order valence-corrected chi connectivity index (χ4v) is 4.28.